The largest absolute Gasteiger partial charge is 0.496 e. The lowest BCUT2D eigenvalue weighted by molar-refractivity contribution is 0.0445. The summed E-state index contributed by atoms with van der Waals surface area (Å²) in [5.74, 6) is 0.949. The van der Waals surface area contributed by atoms with E-state index >= 15 is 0 Å². The average Bonchev–Trinajstić information content (AvgIpc) is 2.24. The van der Waals surface area contributed by atoms with Gasteiger partial charge >= 0.3 is 0 Å². The van der Waals surface area contributed by atoms with Gasteiger partial charge < -0.3 is 9.84 Å². The summed E-state index contributed by atoms with van der Waals surface area (Å²) in [6, 6.07) is 6.26. The molecular weight excluding hydrogens is 200 g/mol. The van der Waals surface area contributed by atoms with Gasteiger partial charge in [0.05, 0.1) is 7.11 Å². The Labute approximate surface area is 97.3 Å². The van der Waals surface area contributed by atoms with Gasteiger partial charge in [-0.05, 0) is 43.2 Å². The van der Waals surface area contributed by atoms with Gasteiger partial charge in [-0.2, -0.15) is 0 Å². The third kappa shape index (κ3) is 2.07. The Kier molecular flexibility index (Phi) is 3.20. The molecule has 2 heteroatoms. The molecule has 0 aliphatic heterocycles. The molecule has 0 heterocycles. The minimum absolute atomic E-state index is 0.126. The van der Waals surface area contributed by atoms with Crippen molar-refractivity contribution in [1.82, 2.24) is 0 Å². The first-order chi connectivity index (χ1) is 7.69. The van der Waals surface area contributed by atoms with Crippen molar-refractivity contribution < 1.29 is 9.84 Å². The monoisotopic (exact) mass is 220 g/mol. The third-order valence-corrected chi connectivity index (χ3v) is 3.75. The van der Waals surface area contributed by atoms with E-state index in [9.17, 15) is 5.11 Å². The molecule has 16 heavy (non-hydrogen) atoms. The fourth-order valence-corrected chi connectivity index (χ4v) is 2.52. The Hall–Kier alpha value is -1.02. The van der Waals surface area contributed by atoms with Crippen LogP contribution in [0.2, 0.25) is 0 Å². The maximum absolute atomic E-state index is 9.49. The molecule has 1 aliphatic rings. The molecule has 2 nitrogen and oxygen atoms in total. The number of hydrogen-bond donors (Lipinski definition) is 1. The van der Waals surface area contributed by atoms with E-state index in [2.05, 4.69) is 19.1 Å². The summed E-state index contributed by atoms with van der Waals surface area (Å²) in [5.41, 5.74) is 2.61. The van der Waals surface area contributed by atoms with Crippen molar-refractivity contribution >= 4 is 0 Å². The number of ether oxygens (including phenoxy) is 1. The summed E-state index contributed by atoms with van der Waals surface area (Å²) in [6.45, 7) is 2.39. The van der Waals surface area contributed by atoms with E-state index in [-0.39, 0.29) is 5.41 Å². The van der Waals surface area contributed by atoms with Crippen molar-refractivity contribution in [3.05, 3.63) is 29.3 Å². The molecule has 0 amide bonds. The molecule has 1 N–H and O–H groups in total. The maximum Gasteiger partial charge on any atom is 0.122 e. The minimum atomic E-state index is 0.126. The molecule has 0 saturated heterocycles. The molecule has 1 fully saturated rings. The van der Waals surface area contributed by atoms with Gasteiger partial charge in [0.2, 0.25) is 0 Å². The van der Waals surface area contributed by atoms with Crippen molar-refractivity contribution in [2.24, 2.45) is 5.41 Å². The van der Waals surface area contributed by atoms with Crippen molar-refractivity contribution in [3.63, 3.8) is 0 Å². The highest BCUT2D eigenvalue weighted by molar-refractivity contribution is 5.37. The normalized spacial score (nSPS) is 17.9. The van der Waals surface area contributed by atoms with E-state index < -0.39 is 0 Å². The van der Waals surface area contributed by atoms with Gasteiger partial charge in [0.25, 0.3) is 0 Å². The van der Waals surface area contributed by atoms with Crippen LogP contribution in [0.4, 0.5) is 0 Å². The van der Waals surface area contributed by atoms with Crippen LogP contribution in [0, 0.1) is 12.3 Å². The second kappa shape index (κ2) is 4.46. The van der Waals surface area contributed by atoms with Gasteiger partial charge in [-0.15, -0.1) is 0 Å². The smallest absolute Gasteiger partial charge is 0.122 e. The molecule has 1 aromatic carbocycles. The Morgan fingerprint density at radius 3 is 2.62 bits per heavy atom. The topological polar surface area (TPSA) is 29.5 Å². The van der Waals surface area contributed by atoms with E-state index in [1.807, 2.05) is 6.07 Å². The van der Waals surface area contributed by atoms with Crippen LogP contribution in [0.5, 0.6) is 5.75 Å². The Bertz CT molecular complexity index is 361. The summed E-state index contributed by atoms with van der Waals surface area (Å²) < 4.78 is 5.38. The molecule has 2 rings (SSSR count). The van der Waals surface area contributed by atoms with Crippen LogP contribution >= 0.6 is 0 Å². The highest BCUT2D eigenvalue weighted by atomic mass is 16.5. The van der Waals surface area contributed by atoms with E-state index in [4.69, 9.17) is 4.74 Å². The molecule has 0 radical (unpaired) electrons. The second-order valence-electron chi connectivity index (χ2n) is 5.00. The number of aliphatic hydroxyl groups excluding tert-OH is 1. The highest BCUT2D eigenvalue weighted by Gasteiger charge is 2.36. The summed E-state index contributed by atoms with van der Waals surface area (Å²) in [7, 11) is 1.71. The van der Waals surface area contributed by atoms with Gasteiger partial charge in [-0.25, -0.2) is 0 Å². The summed E-state index contributed by atoms with van der Waals surface area (Å²) in [6.07, 6.45) is 4.46. The molecule has 88 valence electrons. The standard InChI is InChI=1S/C14H20O2/c1-11-4-5-13(16-2)12(8-11)9-14(10-15)6-3-7-14/h4-5,8,15H,3,6-7,9-10H2,1-2H3. The molecule has 0 bridgehead atoms. The zero-order chi connectivity index (χ0) is 11.6. The SMILES string of the molecule is COc1ccc(C)cc1CC1(CO)CCC1. The number of aryl methyl sites for hydroxylation is 1. The van der Waals surface area contributed by atoms with Crippen LogP contribution in [0.3, 0.4) is 0 Å². The van der Waals surface area contributed by atoms with Gasteiger partial charge in [0, 0.05) is 6.61 Å². The first kappa shape index (κ1) is 11.5. The van der Waals surface area contributed by atoms with Crippen LogP contribution < -0.4 is 4.74 Å². The molecule has 1 aromatic rings. The third-order valence-electron chi connectivity index (χ3n) is 3.75. The maximum atomic E-state index is 9.49. The second-order valence-corrected chi connectivity index (χ2v) is 5.00. The quantitative estimate of drug-likeness (QED) is 0.845. The fraction of sp³-hybridized carbons (Fsp3) is 0.571. The number of benzene rings is 1. The van der Waals surface area contributed by atoms with Gasteiger partial charge in [0.1, 0.15) is 5.75 Å². The Balaban J connectivity index is 2.22. The Morgan fingerprint density at radius 2 is 2.12 bits per heavy atom. The van der Waals surface area contributed by atoms with E-state index in [0.717, 1.165) is 25.0 Å². The van der Waals surface area contributed by atoms with Crippen molar-refractivity contribution in [2.45, 2.75) is 32.6 Å². The first-order valence-corrected chi connectivity index (χ1v) is 5.93. The fourth-order valence-electron chi connectivity index (χ4n) is 2.52. The van der Waals surface area contributed by atoms with E-state index in [0.29, 0.717) is 6.61 Å². The van der Waals surface area contributed by atoms with Gasteiger partial charge in [-0.3, -0.25) is 0 Å². The number of aliphatic hydroxyl groups is 1. The first-order valence-electron chi connectivity index (χ1n) is 5.93. The average molecular weight is 220 g/mol. The molecule has 0 aromatic heterocycles. The lowest BCUT2D eigenvalue weighted by Crippen LogP contribution is -2.35. The van der Waals surface area contributed by atoms with Crippen molar-refractivity contribution in [1.29, 1.82) is 0 Å². The molecule has 0 spiro atoms. The summed E-state index contributed by atoms with van der Waals surface area (Å²) in [4.78, 5) is 0. The lowest BCUT2D eigenvalue weighted by atomic mass is 9.66. The van der Waals surface area contributed by atoms with E-state index in [1.165, 1.54) is 17.5 Å². The van der Waals surface area contributed by atoms with Crippen LogP contribution in [-0.4, -0.2) is 18.8 Å². The summed E-state index contributed by atoms with van der Waals surface area (Å²) in [5, 5.41) is 9.49. The van der Waals surface area contributed by atoms with Crippen LogP contribution in [0.25, 0.3) is 0 Å². The van der Waals surface area contributed by atoms with Crippen LogP contribution in [0.15, 0.2) is 18.2 Å². The number of hydrogen-bond acceptors (Lipinski definition) is 2. The van der Waals surface area contributed by atoms with E-state index in [1.54, 1.807) is 7.11 Å². The molecule has 1 aliphatic carbocycles. The predicted octanol–water partition coefficient (Wildman–Crippen LogP) is 2.71. The zero-order valence-electron chi connectivity index (χ0n) is 10.1. The predicted molar refractivity (Wildman–Crippen MR) is 64.8 cm³/mol. The number of rotatable bonds is 4. The lowest BCUT2D eigenvalue weighted by Gasteiger charge is -2.40. The van der Waals surface area contributed by atoms with Crippen LogP contribution in [0.1, 0.15) is 30.4 Å². The van der Waals surface area contributed by atoms with Gasteiger partial charge in [0.15, 0.2) is 0 Å². The van der Waals surface area contributed by atoms with Crippen LogP contribution in [-0.2, 0) is 6.42 Å². The zero-order valence-corrected chi connectivity index (χ0v) is 10.1. The van der Waals surface area contributed by atoms with Gasteiger partial charge in [-0.1, -0.05) is 24.1 Å². The summed E-state index contributed by atoms with van der Waals surface area (Å²) >= 11 is 0. The molecule has 0 atom stereocenters. The molecule has 0 unspecified atom stereocenters. The minimum Gasteiger partial charge on any atom is -0.496 e. The molecule has 1 saturated carbocycles. The molecular formula is C14H20O2. The van der Waals surface area contributed by atoms with Crippen molar-refractivity contribution in [3.8, 4) is 5.75 Å². The van der Waals surface area contributed by atoms with Crippen molar-refractivity contribution in [2.75, 3.05) is 13.7 Å². The highest BCUT2D eigenvalue weighted by Crippen LogP contribution is 2.44. The Morgan fingerprint density at radius 1 is 1.38 bits per heavy atom. The number of methoxy groups -OCH3 is 1.